The van der Waals surface area contributed by atoms with Gasteiger partial charge in [-0.1, -0.05) is 0 Å². The Labute approximate surface area is 99.4 Å². The van der Waals surface area contributed by atoms with Crippen LogP contribution in [0.1, 0.15) is 17.3 Å². The summed E-state index contributed by atoms with van der Waals surface area (Å²) < 4.78 is 32.0. The Kier molecular flexibility index (Phi) is 4.08. The third-order valence-corrected chi connectivity index (χ3v) is 2.90. The third-order valence-electron chi connectivity index (χ3n) is 1.98. The van der Waals surface area contributed by atoms with Crippen molar-refractivity contribution in [1.29, 1.82) is 0 Å². The summed E-state index contributed by atoms with van der Waals surface area (Å²) in [5, 5.41) is 4.97. The topological polar surface area (TPSA) is 95.7 Å². The first kappa shape index (κ1) is 13.5. The van der Waals surface area contributed by atoms with E-state index in [9.17, 15) is 13.2 Å². The van der Waals surface area contributed by atoms with Crippen molar-refractivity contribution in [2.45, 2.75) is 11.8 Å². The molecule has 0 spiro atoms. The van der Waals surface area contributed by atoms with Gasteiger partial charge in [0.1, 0.15) is 11.3 Å². The second-order valence-corrected chi connectivity index (χ2v) is 4.69. The molecule has 0 amide bonds. The van der Waals surface area contributed by atoms with Gasteiger partial charge in [0.25, 0.3) is 0 Å². The molecule has 0 atom stereocenters. The molecule has 1 rings (SSSR count). The molecule has 0 radical (unpaired) electrons. The molecule has 7 heteroatoms. The quantitative estimate of drug-likeness (QED) is 0.795. The van der Waals surface area contributed by atoms with Gasteiger partial charge in [0, 0.05) is 0 Å². The zero-order chi connectivity index (χ0) is 13.1. The molecule has 1 aromatic rings. The van der Waals surface area contributed by atoms with E-state index in [2.05, 4.69) is 4.74 Å². The van der Waals surface area contributed by atoms with Crippen molar-refractivity contribution >= 4 is 16.0 Å². The minimum atomic E-state index is -3.86. The summed E-state index contributed by atoms with van der Waals surface area (Å²) in [6, 6.07) is 3.77. The molecule has 0 aliphatic heterocycles. The lowest BCUT2D eigenvalue weighted by atomic mass is 10.2. The SMILES string of the molecule is CCOc1ccc(S(N)(=O)=O)cc1C(=O)OC. The molecule has 0 bridgehead atoms. The molecule has 94 valence electrons. The minimum absolute atomic E-state index is 0.0286. The van der Waals surface area contributed by atoms with Crippen molar-refractivity contribution in [1.82, 2.24) is 0 Å². The Morgan fingerprint density at radius 2 is 2.06 bits per heavy atom. The Hall–Kier alpha value is -1.60. The van der Waals surface area contributed by atoms with Crippen molar-refractivity contribution in [3.8, 4) is 5.75 Å². The van der Waals surface area contributed by atoms with Crippen LogP contribution < -0.4 is 9.88 Å². The molecular formula is C10H13NO5S. The van der Waals surface area contributed by atoms with E-state index in [1.54, 1.807) is 6.92 Å². The maximum atomic E-state index is 11.5. The van der Waals surface area contributed by atoms with Crippen LogP contribution in [0.3, 0.4) is 0 Å². The van der Waals surface area contributed by atoms with Crippen LogP contribution in [0.2, 0.25) is 0 Å². The fraction of sp³-hybridized carbons (Fsp3) is 0.300. The lowest BCUT2D eigenvalue weighted by Gasteiger charge is -2.09. The molecule has 2 N–H and O–H groups in total. The highest BCUT2D eigenvalue weighted by Gasteiger charge is 2.17. The summed E-state index contributed by atoms with van der Waals surface area (Å²) in [6.07, 6.45) is 0. The normalized spacial score (nSPS) is 11.0. The molecule has 0 aliphatic carbocycles. The van der Waals surface area contributed by atoms with Crippen LogP contribution in [0.15, 0.2) is 23.1 Å². The fourth-order valence-electron chi connectivity index (χ4n) is 1.24. The molecule has 0 saturated heterocycles. The zero-order valence-corrected chi connectivity index (χ0v) is 10.3. The number of hydrogen-bond acceptors (Lipinski definition) is 5. The number of ether oxygens (including phenoxy) is 2. The van der Waals surface area contributed by atoms with E-state index in [1.807, 2.05) is 0 Å². The number of methoxy groups -OCH3 is 1. The molecular weight excluding hydrogens is 246 g/mol. The van der Waals surface area contributed by atoms with E-state index < -0.39 is 16.0 Å². The molecule has 1 aromatic carbocycles. The van der Waals surface area contributed by atoms with E-state index in [0.717, 1.165) is 6.07 Å². The predicted octanol–water partition coefficient (Wildman–Crippen LogP) is 0.519. The lowest BCUT2D eigenvalue weighted by Crippen LogP contribution is -2.14. The third kappa shape index (κ3) is 3.18. The Balaban J connectivity index is 3.34. The molecule has 0 fully saturated rings. The minimum Gasteiger partial charge on any atom is -0.493 e. The van der Waals surface area contributed by atoms with Gasteiger partial charge in [0.2, 0.25) is 10.0 Å². The first-order valence-electron chi connectivity index (χ1n) is 4.78. The summed E-state index contributed by atoms with van der Waals surface area (Å²) in [7, 11) is -2.67. The number of esters is 1. The Morgan fingerprint density at radius 1 is 1.41 bits per heavy atom. The first-order valence-corrected chi connectivity index (χ1v) is 6.32. The number of primary sulfonamides is 1. The number of hydrogen-bond donors (Lipinski definition) is 1. The van der Waals surface area contributed by atoms with Crippen LogP contribution in [0.25, 0.3) is 0 Å². The molecule has 17 heavy (non-hydrogen) atoms. The Bertz CT molecular complexity index is 523. The van der Waals surface area contributed by atoms with Crippen LogP contribution in [0.4, 0.5) is 0 Å². The highest BCUT2D eigenvalue weighted by molar-refractivity contribution is 7.89. The largest absolute Gasteiger partial charge is 0.493 e. The smallest absolute Gasteiger partial charge is 0.341 e. The van der Waals surface area contributed by atoms with Gasteiger partial charge in [-0.05, 0) is 25.1 Å². The van der Waals surface area contributed by atoms with E-state index in [0.29, 0.717) is 6.61 Å². The van der Waals surface area contributed by atoms with Crippen molar-refractivity contribution < 1.29 is 22.7 Å². The van der Waals surface area contributed by atoms with E-state index >= 15 is 0 Å². The van der Waals surface area contributed by atoms with Gasteiger partial charge in [-0.25, -0.2) is 18.4 Å². The molecule has 0 heterocycles. The van der Waals surface area contributed by atoms with Gasteiger partial charge < -0.3 is 9.47 Å². The summed E-state index contributed by atoms with van der Waals surface area (Å²) >= 11 is 0. The number of carbonyl (C=O) groups is 1. The standard InChI is InChI=1S/C10H13NO5S/c1-3-16-9-5-4-7(17(11,13)14)6-8(9)10(12)15-2/h4-6H,3H2,1-2H3,(H2,11,13,14). The molecule has 0 unspecified atom stereocenters. The highest BCUT2D eigenvalue weighted by Crippen LogP contribution is 2.22. The van der Waals surface area contributed by atoms with Crippen molar-refractivity contribution in [2.24, 2.45) is 5.14 Å². The Morgan fingerprint density at radius 3 is 2.53 bits per heavy atom. The van der Waals surface area contributed by atoms with Gasteiger partial charge in [-0.15, -0.1) is 0 Å². The van der Waals surface area contributed by atoms with Gasteiger partial charge in [-0.2, -0.15) is 0 Å². The summed E-state index contributed by atoms with van der Waals surface area (Å²) in [6.45, 7) is 2.09. The van der Waals surface area contributed by atoms with Gasteiger partial charge in [-0.3, -0.25) is 0 Å². The van der Waals surface area contributed by atoms with Crippen LogP contribution in [0, 0.1) is 0 Å². The monoisotopic (exact) mass is 259 g/mol. The van der Waals surface area contributed by atoms with E-state index in [4.69, 9.17) is 9.88 Å². The maximum Gasteiger partial charge on any atom is 0.341 e. The van der Waals surface area contributed by atoms with Crippen LogP contribution in [-0.2, 0) is 14.8 Å². The zero-order valence-electron chi connectivity index (χ0n) is 9.47. The van der Waals surface area contributed by atoms with E-state index in [1.165, 1.54) is 19.2 Å². The number of sulfonamides is 1. The van der Waals surface area contributed by atoms with Crippen LogP contribution in [-0.4, -0.2) is 28.1 Å². The van der Waals surface area contributed by atoms with Gasteiger partial charge in [0.15, 0.2) is 0 Å². The van der Waals surface area contributed by atoms with Gasteiger partial charge >= 0.3 is 5.97 Å². The second-order valence-electron chi connectivity index (χ2n) is 3.13. The van der Waals surface area contributed by atoms with E-state index in [-0.39, 0.29) is 16.2 Å². The number of carbonyl (C=O) groups excluding carboxylic acids is 1. The molecule has 0 saturated carbocycles. The van der Waals surface area contributed by atoms with Crippen molar-refractivity contribution in [3.05, 3.63) is 23.8 Å². The van der Waals surface area contributed by atoms with Crippen LogP contribution >= 0.6 is 0 Å². The van der Waals surface area contributed by atoms with Gasteiger partial charge in [0.05, 0.1) is 18.6 Å². The predicted molar refractivity (Wildman–Crippen MR) is 60.3 cm³/mol. The first-order chi connectivity index (χ1) is 7.90. The average molecular weight is 259 g/mol. The summed E-state index contributed by atoms with van der Waals surface area (Å²) in [5.41, 5.74) is 0.0286. The van der Waals surface area contributed by atoms with Crippen molar-refractivity contribution in [3.63, 3.8) is 0 Å². The lowest BCUT2D eigenvalue weighted by molar-refractivity contribution is 0.0596. The maximum absolute atomic E-state index is 11.5. The number of nitrogens with two attached hydrogens (primary N) is 1. The number of benzene rings is 1. The molecule has 0 aromatic heterocycles. The molecule has 0 aliphatic rings. The summed E-state index contributed by atoms with van der Waals surface area (Å²) in [4.78, 5) is 11.3. The summed E-state index contributed by atoms with van der Waals surface area (Å²) in [5.74, 6) is -0.425. The fourth-order valence-corrected chi connectivity index (χ4v) is 1.78. The average Bonchev–Trinajstić information content (AvgIpc) is 2.27. The second kappa shape index (κ2) is 5.15. The van der Waals surface area contributed by atoms with Crippen molar-refractivity contribution in [2.75, 3.05) is 13.7 Å². The highest BCUT2D eigenvalue weighted by atomic mass is 32.2. The number of rotatable bonds is 4. The van der Waals surface area contributed by atoms with Crippen LogP contribution in [0.5, 0.6) is 5.75 Å². The molecule has 6 nitrogen and oxygen atoms in total.